The maximum Gasteiger partial charge on any atom is 1.00 e. The molecule has 4 aliphatic heterocycles. The molecule has 4 N–H and O–H groups in total. The minimum atomic E-state index is -1.40. The number of hydrogen-bond donors (Lipinski definition) is 4. The number of fused-ring (bicyclic) bond motifs is 2. The molecule has 16 nitrogen and oxygen atoms in total. The number of amides is 4. The Labute approximate surface area is 357 Å². The van der Waals surface area contributed by atoms with Gasteiger partial charge in [0, 0.05) is 19.2 Å². The van der Waals surface area contributed by atoms with E-state index in [1.54, 1.807) is 50.6 Å². The van der Waals surface area contributed by atoms with E-state index in [9.17, 15) is 58.8 Å². The van der Waals surface area contributed by atoms with Crippen molar-refractivity contribution in [1.29, 1.82) is 0 Å². The Kier molecular flexibility index (Phi) is 14.2. The molecule has 0 bridgehead atoms. The van der Waals surface area contributed by atoms with Crippen molar-refractivity contribution in [2.24, 2.45) is 0 Å². The van der Waals surface area contributed by atoms with Gasteiger partial charge in [-0.25, -0.2) is 0 Å². The van der Waals surface area contributed by atoms with Gasteiger partial charge in [0.2, 0.25) is 23.6 Å². The minimum Gasteiger partial charge on any atom is -0.548 e. The molecular formula is C30H30N4Na2O12S4. The molecule has 0 saturated carbocycles. The van der Waals surface area contributed by atoms with Crippen molar-refractivity contribution in [1.82, 2.24) is 20.4 Å². The molecule has 0 aromatic carbocycles. The number of thioether (sulfide) groups is 2. The number of nitrogens with one attached hydrogen (secondary N) is 2. The second kappa shape index (κ2) is 16.7. The summed E-state index contributed by atoms with van der Waals surface area (Å²) in [5.41, 5.74) is 0. The Morgan fingerprint density at radius 1 is 0.692 bits per heavy atom. The molecule has 268 valence electrons. The van der Waals surface area contributed by atoms with Gasteiger partial charge in [-0.3, -0.25) is 28.8 Å². The van der Waals surface area contributed by atoms with E-state index in [-0.39, 0.29) is 59.1 Å². The number of carboxylic acids is 4. The van der Waals surface area contributed by atoms with Gasteiger partial charge in [0.1, 0.15) is 22.8 Å². The van der Waals surface area contributed by atoms with Crippen molar-refractivity contribution in [3.05, 3.63) is 44.8 Å². The first kappa shape index (κ1) is 44.3. The number of aliphatic carboxylic acids is 4. The summed E-state index contributed by atoms with van der Waals surface area (Å²) >= 11 is 4.77. The van der Waals surface area contributed by atoms with Crippen LogP contribution in [-0.2, 0) is 38.4 Å². The fourth-order valence-corrected chi connectivity index (χ4v) is 11.2. The Morgan fingerprint density at radius 3 is 1.27 bits per heavy atom. The fraction of sp³-hybridized carbons (Fsp3) is 0.467. The molecule has 4 amide bonds. The van der Waals surface area contributed by atoms with Crippen LogP contribution in [-0.4, -0.2) is 112 Å². The van der Waals surface area contributed by atoms with Gasteiger partial charge in [0.05, 0.1) is 24.0 Å². The number of thiophene rings is 2. The predicted molar refractivity (Wildman–Crippen MR) is 175 cm³/mol. The maximum absolute atomic E-state index is 12.4. The van der Waals surface area contributed by atoms with E-state index in [1.165, 1.54) is 45.5 Å². The molecule has 8 atom stereocenters. The van der Waals surface area contributed by atoms with Gasteiger partial charge in [-0.05, 0) is 50.6 Å². The molecule has 4 fully saturated rings. The summed E-state index contributed by atoms with van der Waals surface area (Å²) in [5.74, 6) is -10.8. The van der Waals surface area contributed by atoms with E-state index >= 15 is 0 Å². The smallest absolute Gasteiger partial charge is 0.548 e. The normalized spacial score (nSPS) is 26.9. The van der Waals surface area contributed by atoms with E-state index in [2.05, 4.69) is 10.6 Å². The topological polar surface area (TPSA) is 254 Å². The molecule has 2 aromatic rings. The van der Waals surface area contributed by atoms with E-state index < -0.39 is 104 Å². The first-order valence-corrected chi connectivity index (χ1v) is 18.4. The van der Waals surface area contributed by atoms with E-state index in [1.807, 2.05) is 0 Å². The number of hydrogen-bond acceptors (Lipinski definition) is 14. The van der Waals surface area contributed by atoms with Crippen LogP contribution >= 0.6 is 46.2 Å². The Bertz CT molecular complexity index is 1630. The maximum atomic E-state index is 12.4. The molecular weight excluding hydrogens is 783 g/mol. The molecule has 2 unspecified atom stereocenters. The quantitative estimate of drug-likeness (QED) is 0.0989. The van der Waals surface area contributed by atoms with Gasteiger partial charge in [0.25, 0.3) is 0 Å². The van der Waals surface area contributed by atoms with Gasteiger partial charge >= 0.3 is 71.1 Å². The summed E-state index contributed by atoms with van der Waals surface area (Å²) < 4.78 is -1.53. The summed E-state index contributed by atoms with van der Waals surface area (Å²) in [7, 11) is 0. The van der Waals surface area contributed by atoms with E-state index in [0.29, 0.717) is 9.75 Å². The van der Waals surface area contributed by atoms with Crippen LogP contribution in [0.4, 0.5) is 0 Å². The molecule has 22 heteroatoms. The first-order chi connectivity index (χ1) is 23.3. The van der Waals surface area contributed by atoms with Gasteiger partial charge < -0.3 is 50.4 Å². The Hall–Kier alpha value is -2.14. The number of nitrogens with zero attached hydrogens (tertiary/aromatic N) is 2. The number of β-lactam (4-membered cyclic amide) rings is 2. The number of carboxylic acid groups (broad SMARTS) is 4. The molecule has 4 aliphatic rings. The third-order valence-corrected chi connectivity index (χ3v) is 13.6. The average molecular weight is 813 g/mol. The van der Waals surface area contributed by atoms with Crippen molar-refractivity contribution in [3.8, 4) is 0 Å². The van der Waals surface area contributed by atoms with Crippen LogP contribution in [0.1, 0.15) is 49.3 Å². The number of carbonyl (C=O) groups is 8. The molecule has 6 heterocycles. The third-order valence-electron chi connectivity index (χ3n) is 8.60. The van der Waals surface area contributed by atoms with Crippen molar-refractivity contribution in [3.63, 3.8) is 0 Å². The molecule has 6 rings (SSSR count). The predicted octanol–water partition coefficient (Wildman–Crippen LogP) is -7.57. The van der Waals surface area contributed by atoms with Crippen LogP contribution in [0.15, 0.2) is 35.0 Å². The first-order valence-electron chi connectivity index (χ1n) is 14.8. The molecule has 4 saturated heterocycles. The van der Waals surface area contributed by atoms with Crippen LogP contribution in [0.3, 0.4) is 0 Å². The van der Waals surface area contributed by atoms with Gasteiger partial charge in [-0.15, -0.1) is 46.2 Å². The largest absolute Gasteiger partial charge is 1.00 e. The summed E-state index contributed by atoms with van der Waals surface area (Å²) in [5, 5.41) is 48.5. The van der Waals surface area contributed by atoms with Gasteiger partial charge in [-0.1, -0.05) is 12.1 Å². The van der Waals surface area contributed by atoms with Crippen LogP contribution < -0.4 is 80.0 Å². The van der Waals surface area contributed by atoms with Crippen LogP contribution in [0, 0.1) is 0 Å². The number of carbonyl (C=O) groups excluding carboxylic acids is 6. The standard InChI is InChI=1S/2C15H16N2O6S2.2Na/c2*1-15(2)9(14(22)23)17-11(19)8(12(17)25-15)16-10(18)7(13(20)21)6-4-3-5-24-6;;/h2*3-5,7-9,12H,1-2H3,(H,16,18)(H,20,21)(H,22,23);;/q;;2*+1/p-2/t2*7?,8-,9+,12-;;/m11../s1. The van der Waals surface area contributed by atoms with Gasteiger partial charge in [0.15, 0.2) is 11.8 Å². The van der Waals surface area contributed by atoms with E-state index in [4.69, 9.17) is 0 Å². The SMILES string of the molecule is CC1(C)S[C@@H]2[C@H](NC(=O)C(C(=O)O)c3cccs3)C(=O)N2[C@H]1C(=O)[O-].CC1(C)S[C@@H]2[C@H](NC(=O)C(C(=O)O)c3cccs3)C(=O)N2[C@H]1C(=O)[O-].[Na+].[Na+]. The number of rotatable bonds is 10. The molecule has 0 spiro atoms. The zero-order valence-corrected chi connectivity index (χ0v) is 35.9. The zero-order chi connectivity index (χ0) is 37.0. The van der Waals surface area contributed by atoms with E-state index in [0.717, 1.165) is 22.7 Å². The van der Waals surface area contributed by atoms with Crippen molar-refractivity contribution in [2.45, 2.75) is 83.9 Å². The summed E-state index contributed by atoms with van der Waals surface area (Å²) in [4.78, 5) is 98.1. The summed E-state index contributed by atoms with van der Waals surface area (Å²) in [6.45, 7) is 6.76. The molecule has 52 heavy (non-hydrogen) atoms. The van der Waals surface area contributed by atoms with Crippen LogP contribution in [0.2, 0.25) is 0 Å². The second-order valence-electron chi connectivity index (χ2n) is 12.7. The summed E-state index contributed by atoms with van der Waals surface area (Å²) in [6, 6.07) is 2.30. The average Bonchev–Trinajstić information content (AvgIpc) is 3.80. The van der Waals surface area contributed by atoms with Crippen molar-refractivity contribution in [2.75, 3.05) is 0 Å². The molecule has 0 aliphatic carbocycles. The monoisotopic (exact) mass is 812 g/mol. The summed E-state index contributed by atoms with van der Waals surface area (Å²) in [6.07, 6.45) is 0. The Balaban J connectivity index is 0.000000270. The molecule has 0 radical (unpaired) electrons. The minimum absolute atomic E-state index is 0. The van der Waals surface area contributed by atoms with Crippen LogP contribution in [0.25, 0.3) is 0 Å². The van der Waals surface area contributed by atoms with Gasteiger partial charge in [-0.2, -0.15) is 0 Å². The molecule has 2 aromatic heterocycles. The fourth-order valence-electron chi connectivity index (χ4n) is 6.36. The zero-order valence-electron chi connectivity index (χ0n) is 28.6. The second-order valence-corrected chi connectivity index (χ2v) is 18.2. The van der Waals surface area contributed by atoms with Crippen LogP contribution in [0.5, 0.6) is 0 Å². The third kappa shape index (κ3) is 8.11. The van der Waals surface area contributed by atoms with Crippen molar-refractivity contribution < 1.29 is 118 Å². The Morgan fingerprint density at radius 2 is 1.02 bits per heavy atom. The van der Waals surface area contributed by atoms with Crippen molar-refractivity contribution >= 4 is 93.7 Å².